The molecule has 4 heteroatoms. The number of unbranched alkanes of at least 4 members (excludes halogenated alkanes) is 1. The molecule has 1 heterocycles. The molecule has 2 rings (SSSR count). The van der Waals surface area contributed by atoms with Crippen LogP contribution in [0, 0.1) is 0 Å². The van der Waals surface area contributed by atoms with Gasteiger partial charge in [-0.15, -0.1) is 0 Å². The molecule has 82 valence electrons. The zero-order valence-electron chi connectivity index (χ0n) is 8.83. The first-order valence-corrected chi connectivity index (χ1v) is 5.44. The van der Waals surface area contributed by atoms with E-state index in [0.717, 1.165) is 22.6 Å². The number of aromatic amines is 1. The van der Waals surface area contributed by atoms with Crippen molar-refractivity contribution in [1.82, 2.24) is 9.97 Å². The van der Waals surface area contributed by atoms with Crippen molar-refractivity contribution in [3.8, 4) is 0 Å². The van der Waals surface area contributed by atoms with Crippen molar-refractivity contribution < 1.29 is 0 Å². The highest BCUT2D eigenvalue weighted by molar-refractivity contribution is 6.31. The van der Waals surface area contributed by atoms with Crippen LogP contribution in [0.1, 0.15) is 19.8 Å². The zero-order valence-corrected chi connectivity index (χ0v) is 9.59. The van der Waals surface area contributed by atoms with E-state index in [4.69, 9.17) is 17.3 Å². The number of aromatic nitrogens is 2. The Kier molecular flexibility index (Phi) is 5.15. The third-order valence-corrected chi connectivity index (χ3v) is 2.18. The van der Waals surface area contributed by atoms with Crippen LogP contribution in [-0.4, -0.2) is 16.5 Å². The second-order valence-electron chi connectivity index (χ2n) is 3.21. The van der Waals surface area contributed by atoms with Crippen molar-refractivity contribution in [1.29, 1.82) is 0 Å². The fraction of sp³-hybridized carbons (Fsp3) is 0.364. The van der Waals surface area contributed by atoms with Gasteiger partial charge in [-0.05, 0) is 31.2 Å². The van der Waals surface area contributed by atoms with E-state index in [-0.39, 0.29) is 0 Å². The number of nitrogens with one attached hydrogen (secondary N) is 1. The van der Waals surface area contributed by atoms with Crippen LogP contribution in [0.5, 0.6) is 0 Å². The van der Waals surface area contributed by atoms with Crippen molar-refractivity contribution >= 4 is 22.6 Å². The molecule has 0 saturated heterocycles. The molecule has 3 nitrogen and oxygen atoms in total. The number of H-pyrrole nitrogens is 1. The number of rotatable bonds is 2. The zero-order chi connectivity index (χ0) is 11.1. The second kappa shape index (κ2) is 6.43. The highest BCUT2D eigenvalue weighted by Gasteiger charge is 1.93. The summed E-state index contributed by atoms with van der Waals surface area (Å²) < 4.78 is 0. The Hall–Kier alpha value is -1.06. The van der Waals surface area contributed by atoms with Gasteiger partial charge >= 0.3 is 0 Å². The summed E-state index contributed by atoms with van der Waals surface area (Å²) in [7, 11) is 0. The summed E-state index contributed by atoms with van der Waals surface area (Å²) in [6, 6.07) is 5.56. The van der Waals surface area contributed by atoms with E-state index in [9.17, 15) is 0 Å². The molecule has 2 aromatic rings. The van der Waals surface area contributed by atoms with Gasteiger partial charge in [-0.3, -0.25) is 0 Å². The van der Waals surface area contributed by atoms with Crippen LogP contribution in [0.25, 0.3) is 11.0 Å². The smallest absolute Gasteiger partial charge is 0.0931 e. The minimum absolute atomic E-state index is 0.733. The van der Waals surface area contributed by atoms with Crippen molar-refractivity contribution in [2.75, 3.05) is 6.54 Å². The molecule has 0 bridgehead atoms. The van der Waals surface area contributed by atoms with Gasteiger partial charge in [0.05, 0.1) is 17.4 Å². The van der Waals surface area contributed by atoms with Gasteiger partial charge in [-0.25, -0.2) is 4.98 Å². The predicted octanol–water partition coefficient (Wildman–Crippen LogP) is 2.96. The molecular weight excluding hydrogens is 210 g/mol. The Bertz CT molecular complexity index is 395. The molecule has 1 aromatic carbocycles. The van der Waals surface area contributed by atoms with Crippen LogP contribution in [0.15, 0.2) is 24.5 Å². The van der Waals surface area contributed by atoms with Gasteiger partial charge < -0.3 is 10.7 Å². The van der Waals surface area contributed by atoms with Crippen LogP contribution in [-0.2, 0) is 0 Å². The SMILES string of the molecule is CCCCN.Clc1ccc2nc[nH]c2c1. The topological polar surface area (TPSA) is 54.7 Å². The van der Waals surface area contributed by atoms with Crippen molar-refractivity contribution in [3.63, 3.8) is 0 Å². The number of nitrogens with zero attached hydrogens (tertiary/aromatic N) is 1. The summed E-state index contributed by atoms with van der Waals surface area (Å²) in [6.45, 7) is 2.98. The molecule has 0 aliphatic carbocycles. The van der Waals surface area contributed by atoms with Gasteiger partial charge in [-0.1, -0.05) is 24.9 Å². The van der Waals surface area contributed by atoms with E-state index in [0.29, 0.717) is 0 Å². The number of hydrogen-bond acceptors (Lipinski definition) is 2. The molecule has 0 atom stereocenters. The molecular formula is C11H16ClN3. The monoisotopic (exact) mass is 225 g/mol. The molecule has 0 fully saturated rings. The minimum atomic E-state index is 0.733. The first kappa shape index (κ1) is 12.0. The number of imidazole rings is 1. The van der Waals surface area contributed by atoms with Crippen LogP contribution in [0.3, 0.4) is 0 Å². The van der Waals surface area contributed by atoms with Crippen molar-refractivity contribution in [3.05, 3.63) is 29.5 Å². The molecule has 0 aliphatic heterocycles. The maximum Gasteiger partial charge on any atom is 0.0931 e. The predicted molar refractivity (Wildman–Crippen MR) is 65.1 cm³/mol. The fourth-order valence-electron chi connectivity index (χ4n) is 1.11. The normalized spacial score (nSPS) is 9.80. The fourth-order valence-corrected chi connectivity index (χ4v) is 1.28. The number of fused-ring (bicyclic) bond motifs is 1. The first-order valence-electron chi connectivity index (χ1n) is 5.06. The molecule has 1 aromatic heterocycles. The largest absolute Gasteiger partial charge is 0.345 e. The number of nitrogens with two attached hydrogens (primary N) is 1. The van der Waals surface area contributed by atoms with Gasteiger partial charge in [0, 0.05) is 5.02 Å². The van der Waals surface area contributed by atoms with E-state index < -0.39 is 0 Å². The quantitative estimate of drug-likeness (QED) is 0.826. The molecule has 0 unspecified atom stereocenters. The first-order chi connectivity index (χ1) is 7.27. The Morgan fingerprint density at radius 3 is 2.87 bits per heavy atom. The molecule has 0 saturated carbocycles. The van der Waals surface area contributed by atoms with Gasteiger partial charge in [0.1, 0.15) is 0 Å². The Morgan fingerprint density at radius 2 is 2.27 bits per heavy atom. The number of benzene rings is 1. The summed E-state index contributed by atoms with van der Waals surface area (Å²) >= 11 is 5.73. The lowest BCUT2D eigenvalue weighted by Gasteiger charge is -1.87. The van der Waals surface area contributed by atoms with Crippen molar-refractivity contribution in [2.45, 2.75) is 19.8 Å². The Morgan fingerprint density at radius 1 is 1.47 bits per heavy atom. The summed E-state index contributed by atoms with van der Waals surface area (Å²) in [5.74, 6) is 0. The summed E-state index contributed by atoms with van der Waals surface area (Å²) in [4.78, 5) is 7.01. The van der Waals surface area contributed by atoms with Crippen LogP contribution < -0.4 is 5.73 Å². The maximum absolute atomic E-state index is 5.73. The summed E-state index contributed by atoms with van der Waals surface area (Å²) in [6.07, 6.45) is 4.04. The van der Waals surface area contributed by atoms with E-state index in [1.807, 2.05) is 18.2 Å². The number of hydrogen-bond donors (Lipinski definition) is 2. The van der Waals surface area contributed by atoms with E-state index in [2.05, 4.69) is 16.9 Å². The molecule has 0 radical (unpaired) electrons. The van der Waals surface area contributed by atoms with E-state index in [1.165, 1.54) is 12.8 Å². The lowest BCUT2D eigenvalue weighted by atomic mass is 10.3. The standard InChI is InChI=1S/C7H5ClN2.C4H11N/c8-5-1-2-6-7(3-5)10-4-9-6;1-2-3-4-5/h1-4H,(H,9,10);2-5H2,1H3. The van der Waals surface area contributed by atoms with Gasteiger partial charge in [-0.2, -0.15) is 0 Å². The Labute approximate surface area is 94.7 Å². The van der Waals surface area contributed by atoms with Crippen molar-refractivity contribution in [2.24, 2.45) is 5.73 Å². The third-order valence-electron chi connectivity index (χ3n) is 1.94. The lowest BCUT2D eigenvalue weighted by Crippen LogP contribution is -1.95. The number of halogens is 1. The highest BCUT2D eigenvalue weighted by atomic mass is 35.5. The molecule has 0 spiro atoms. The second-order valence-corrected chi connectivity index (χ2v) is 3.64. The van der Waals surface area contributed by atoms with E-state index >= 15 is 0 Å². The Balaban J connectivity index is 0.000000195. The summed E-state index contributed by atoms with van der Waals surface area (Å²) in [5.41, 5.74) is 7.07. The van der Waals surface area contributed by atoms with Gasteiger partial charge in [0.25, 0.3) is 0 Å². The molecule has 15 heavy (non-hydrogen) atoms. The van der Waals surface area contributed by atoms with Crippen LogP contribution in [0.4, 0.5) is 0 Å². The molecule has 3 N–H and O–H groups in total. The highest BCUT2D eigenvalue weighted by Crippen LogP contribution is 2.14. The van der Waals surface area contributed by atoms with E-state index in [1.54, 1.807) is 6.33 Å². The van der Waals surface area contributed by atoms with Gasteiger partial charge in [0.15, 0.2) is 0 Å². The average molecular weight is 226 g/mol. The van der Waals surface area contributed by atoms with Crippen LogP contribution >= 0.6 is 11.6 Å². The minimum Gasteiger partial charge on any atom is -0.345 e. The van der Waals surface area contributed by atoms with Crippen LogP contribution in [0.2, 0.25) is 5.02 Å². The molecule has 0 aliphatic rings. The summed E-state index contributed by atoms with van der Waals surface area (Å²) in [5, 5.41) is 0.733. The lowest BCUT2D eigenvalue weighted by molar-refractivity contribution is 0.807. The third kappa shape index (κ3) is 3.90. The maximum atomic E-state index is 5.73. The average Bonchev–Trinajstić information content (AvgIpc) is 2.67. The van der Waals surface area contributed by atoms with Gasteiger partial charge in [0.2, 0.25) is 0 Å². The molecule has 0 amide bonds.